The van der Waals surface area contributed by atoms with Gasteiger partial charge in [-0.15, -0.1) is 0 Å². The number of hydrogen-bond acceptors (Lipinski definition) is 5. The fourth-order valence-electron chi connectivity index (χ4n) is 2.61. The Morgan fingerprint density at radius 3 is 2.24 bits per heavy atom. The molecule has 0 aromatic heterocycles. The smallest absolute Gasteiger partial charge is 0.306 e. The van der Waals surface area contributed by atoms with Gasteiger partial charge >= 0.3 is 5.97 Å². The van der Waals surface area contributed by atoms with Crippen molar-refractivity contribution >= 4 is 17.8 Å². The van der Waals surface area contributed by atoms with E-state index < -0.39 is 11.8 Å². The van der Waals surface area contributed by atoms with E-state index in [1.165, 1.54) is 26.4 Å². The van der Waals surface area contributed by atoms with Crippen LogP contribution in [-0.2, 0) is 14.3 Å². The molecule has 8 heteroatoms. The zero-order chi connectivity index (χ0) is 18.4. The molecule has 1 fully saturated rings. The summed E-state index contributed by atoms with van der Waals surface area (Å²) in [6, 6.07) is 4.07. The van der Waals surface area contributed by atoms with Crippen LogP contribution in [0.25, 0.3) is 0 Å². The molecule has 25 heavy (non-hydrogen) atoms. The van der Waals surface area contributed by atoms with Crippen molar-refractivity contribution in [3.63, 3.8) is 0 Å². The van der Waals surface area contributed by atoms with Crippen LogP contribution in [0.3, 0.4) is 0 Å². The van der Waals surface area contributed by atoms with Crippen molar-refractivity contribution in [1.82, 2.24) is 9.80 Å². The Morgan fingerprint density at radius 2 is 1.68 bits per heavy atom. The Labute approximate surface area is 145 Å². The zero-order valence-corrected chi connectivity index (χ0v) is 14.3. The highest BCUT2D eigenvalue weighted by Gasteiger charge is 2.25. The second-order valence-electron chi connectivity index (χ2n) is 5.60. The van der Waals surface area contributed by atoms with Crippen molar-refractivity contribution in [2.45, 2.75) is 12.8 Å². The summed E-state index contributed by atoms with van der Waals surface area (Å²) in [7, 11) is 2.63. The molecule has 1 aromatic carbocycles. The first-order valence-corrected chi connectivity index (χ1v) is 7.93. The molecule has 1 aromatic rings. The topological polar surface area (TPSA) is 76.2 Å². The van der Waals surface area contributed by atoms with E-state index in [4.69, 9.17) is 4.74 Å². The number of esters is 1. The van der Waals surface area contributed by atoms with Gasteiger partial charge in [0.05, 0.1) is 20.6 Å². The van der Waals surface area contributed by atoms with Crippen molar-refractivity contribution in [2.24, 2.45) is 0 Å². The lowest BCUT2D eigenvalue weighted by atomic mass is 10.1. The summed E-state index contributed by atoms with van der Waals surface area (Å²) in [6.45, 7) is 1.47. The van der Waals surface area contributed by atoms with Crippen molar-refractivity contribution in [3.05, 3.63) is 29.6 Å². The van der Waals surface area contributed by atoms with Crippen molar-refractivity contribution in [1.29, 1.82) is 0 Å². The normalized spacial score (nSPS) is 14.2. The summed E-state index contributed by atoms with van der Waals surface area (Å²) < 4.78 is 23.1. The molecule has 2 rings (SSSR count). The minimum absolute atomic E-state index is 0.0413. The van der Waals surface area contributed by atoms with Crippen LogP contribution in [0, 0.1) is 5.82 Å². The Balaban J connectivity index is 1.89. The average molecular weight is 352 g/mol. The van der Waals surface area contributed by atoms with Gasteiger partial charge in [0.15, 0.2) is 11.6 Å². The largest absolute Gasteiger partial charge is 0.494 e. The third-order valence-corrected chi connectivity index (χ3v) is 4.09. The summed E-state index contributed by atoms with van der Waals surface area (Å²) in [6.07, 6.45) is 0.129. The monoisotopic (exact) mass is 352 g/mol. The van der Waals surface area contributed by atoms with E-state index in [0.29, 0.717) is 26.2 Å². The standard InChI is InChI=1S/C17H21FN2O5/c1-24-14-4-3-12(11-13(14)18)17(23)20-9-7-19(8-10-20)15(21)5-6-16(22)25-2/h3-4,11H,5-10H2,1-2H3. The summed E-state index contributed by atoms with van der Waals surface area (Å²) in [4.78, 5) is 38.7. The molecular formula is C17H21FN2O5. The lowest BCUT2D eigenvalue weighted by Gasteiger charge is -2.34. The van der Waals surface area contributed by atoms with Crippen molar-refractivity contribution in [3.8, 4) is 5.75 Å². The van der Waals surface area contributed by atoms with Crippen LogP contribution >= 0.6 is 0 Å². The van der Waals surface area contributed by atoms with Crippen LogP contribution in [0.15, 0.2) is 18.2 Å². The van der Waals surface area contributed by atoms with Gasteiger partial charge in [0, 0.05) is 38.2 Å². The molecule has 0 aliphatic carbocycles. The first-order valence-electron chi connectivity index (χ1n) is 7.93. The van der Waals surface area contributed by atoms with E-state index in [2.05, 4.69) is 4.74 Å². The highest BCUT2D eigenvalue weighted by molar-refractivity contribution is 5.94. The van der Waals surface area contributed by atoms with E-state index in [0.717, 1.165) is 6.07 Å². The van der Waals surface area contributed by atoms with Gasteiger partial charge in [-0.05, 0) is 18.2 Å². The number of carbonyl (C=O) groups is 3. The van der Waals surface area contributed by atoms with Crippen LogP contribution in [0.1, 0.15) is 23.2 Å². The Bertz CT molecular complexity index is 656. The SMILES string of the molecule is COC(=O)CCC(=O)N1CCN(C(=O)c2ccc(OC)c(F)c2)CC1. The number of methoxy groups -OCH3 is 2. The molecule has 7 nitrogen and oxygen atoms in total. The molecule has 0 spiro atoms. The maximum atomic E-state index is 13.7. The number of benzene rings is 1. The Morgan fingerprint density at radius 1 is 1.04 bits per heavy atom. The number of hydrogen-bond donors (Lipinski definition) is 0. The molecule has 0 bridgehead atoms. The first kappa shape index (κ1) is 18.7. The molecular weight excluding hydrogens is 331 g/mol. The summed E-state index contributed by atoms with van der Waals surface area (Å²) >= 11 is 0. The Kier molecular flexibility index (Phi) is 6.32. The van der Waals surface area contributed by atoms with Gasteiger partial charge in [0.25, 0.3) is 5.91 Å². The number of carbonyl (C=O) groups excluding carboxylic acids is 3. The minimum atomic E-state index is -0.593. The van der Waals surface area contributed by atoms with Gasteiger partial charge in [-0.25, -0.2) is 4.39 Å². The fraction of sp³-hybridized carbons (Fsp3) is 0.471. The second kappa shape index (κ2) is 8.46. The van der Waals surface area contributed by atoms with E-state index in [9.17, 15) is 18.8 Å². The predicted molar refractivity (Wildman–Crippen MR) is 86.7 cm³/mol. The van der Waals surface area contributed by atoms with E-state index in [1.807, 2.05) is 0 Å². The number of piperazine rings is 1. The number of ether oxygens (including phenoxy) is 2. The molecule has 136 valence electrons. The van der Waals surface area contributed by atoms with Crippen LogP contribution in [0.5, 0.6) is 5.75 Å². The van der Waals surface area contributed by atoms with Gasteiger partial charge in [0.1, 0.15) is 0 Å². The number of nitrogens with zero attached hydrogens (tertiary/aromatic N) is 2. The maximum Gasteiger partial charge on any atom is 0.306 e. The predicted octanol–water partition coefficient (Wildman–Crippen LogP) is 1.07. The van der Waals surface area contributed by atoms with Crippen molar-refractivity contribution < 1.29 is 28.2 Å². The van der Waals surface area contributed by atoms with E-state index in [1.54, 1.807) is 9.80 Å². The van der Waals surface area contributed by atoms with Crippen LogP contribution in [0.2, 0.25) is 0 Å². The van der Waals surface area contributed by atoms with Gasteiger partial charge in [0.2, 0.25) is 5.91 Å². The van der Waals surface area contributed by atoms with E-state index in [-0.39, 0.29) is 36.0 Å². The molecule has 1 aliphatic heterocycles. The lowest BCUT2D eigenvalue weighted by molar-refractivity contribution is -0.143. The summed E-state index contributed by atoms with van der Waals surface area (Å²) in [5.41, 5.74) is 0.240. The van der Waals surface area contributed by atoms with Crippen LogP contribution < -0.4 is 4.74 Å². The zero-order valence-electron chi connectivity index (χ0n) is 14.3. The number of halogens is 1. The highest BCUT2D eigenvalue weighted by atomic mass is 19.1. The number of amides is 2. The van der Waals surface area contributed by atoms with Gasteiger partial charge in [-0.2, -0.15) is 0 Å². The molecule has 0 saturated carbocycles. The van der Waals surface area contributed by atoms with Crippen molar-refractivity contribution in [2.75, 3.05) is 40.4 Å². The molecule has 0 unspecified atom stereocenters. The second-order valence-corrected chi connectivity index (χ2v) is 5.60. The molecule has 0 atom stereocenters. The molecule has 0 N–H and O–H groups in total. The maximum absolute atomic E-state index is 13.7. The van der Waals surface area contributed by atoms with Gasteiger partial charge in [-0.3, -0.25) is 14.4 Å². The quantitative estimate of drug-likeness (QED) is 0.741. The van der Waals surface area contributed by atoms with Gasteiger partial charge < -0.3 is 19.3 Å². The molecule has 1 saturated heterocycles. The number of rotatable bonds is 5. The minimum Gasteiger partial charge on any atom is -0.494 e. The van der Waals surface area contributed by atoms with Crippen LogP contribution in [-0.4, -0.2) is 68.0 Å². The third kappa shape index (κ3) is 4.68. The fourth-order valence-corrected chi connectivity index (χ4v) is 2.61. The first-order chi connectivity index (χ1) is 12.0. The average Bonchev–Trinajstić information content (AvgIpc) is 2.65. The van der Waals surface area contributed by atoms with E-state index >= 15 is 0 Å². The van der Waals surface area contributed by atoms with Crippen LogP contribution in [0.4, 0.5) is 4.39 Å². The highest BCUT2D eigenvalue weighted by Crippen LogP contribution is 2.19. The molecule has 2 amide bonds. The lowest BCUT2D eigenvalue weighted by Crippen LogP contribution is -2.50. The van der Waals surface area contributed by atoms with Gasteiger partial charge in [-0.1, -0.05) is 0 Å². The Hall–Kier alpha value is -2.64. The molecule has 1 aliphatic rings. The summed E-state index contributed by atoms with van der Waals surface area (Å²) in [5, 5.41) is 0. The molecule has 1 heterocycles. The molecule has 0 radical (unpaired) electrons. The summed E-state index contributed by atoms with van der Waals surface area (Å²) in [5.74, 6) is -1.37. The third-order valence-electron chi connectivity index (χ3n) is 4.09.